The van der Waals surface area contributed by atoms with Crippen molar-refractivity contribution in [1.82, 2.24) is 10.2 Å². The number of aliphatic hydroxyl groups excluding tert-OH is 1. The van der Waals surface area contributed by atoms with Crippen LogP contribution < -0.4 is 5.32 Å². The van der Waals surface area contributed by atoms with Crippen LogP contribution in [0.1, 0.15) is 47.0 Å². The largest absolute Gasteiger partial charge is 0.394 e. The SMILES string of the molecule is CCCNC(C)(CO)CN(CCC)CCC. The third kappa shape index (κ3) is 6.46. The van der Waals surface area contributed by atoms with Gasteiger partial charge in [0, 0.05) is 6.54 Å². The van der Waals surface area contributed by atoms with Crippen molar-refractivity contribution in [2.45, 2.75) is 52.5 Å². The molecular weight excluding hydrogens is 200 g/mol. The molecule has 98 valence electrons. The molecule has 0 rings (SSSR count). The minimum absolute atomic E-state index is 0.152. The molecule has 0 heterocycles. The zero-order valence-corrected chi connectivity index (χ0v) is 11.6. The number of nitrogens with zero attached hydrogens (tertiary/aromatic N) is 1. The van der Waals surface area contributed by atoms with Gasteiger partial charge in [-0.2, -0.15) is 0 Å². The van der Waals surface area contributed by atoms with Crippen LogP contribution in [0.2, 0.25) is 0 Å². The van der Waals surface area contributed by atoms with E-state index in [-0.39, 0.29) is 12.1 Å². The maximum atomic E-state index is 9.51. The molecule has 0 aliphatic rings. The van der Waals surface area contributed by atoms with Crippen LogP contribution in [0.5, 0.6) is 0 Å². The summed E-state index contributed by atoms with van der Waals surface area (Å²) in [6.07, 6.45) is 3.46. The van der Waals surface area contributed by atoms with Crippen molar-refractivity contribution in [2.24, 2.45) is 0 Å². The molecule has 3 nitrogen and oxygen atoms in total. The zero-order chi connectivity index (χ0) is 12.4. The Morgan fingerprint density at radius 3 is 2.00 bits per heavy atom. The van der Waals surface area contributed by atoms with Gasteiger partial charge in [-0.25, -0.2) is 0 Å². The van der Waals surface area contributed by atoms with Crippen LogP contribution >= 0.6 is 0 Å². The first kappa shape index (κ1) is 15.9. The summed E-state index contributed by atoms with van der Waals surface area (Å²) in [5.41, 5.74) is -0.152. The molecule has 0 aromatic heterocycles. The van der Waals surface area contributed by atoms with Crippen LogP contribution in [0.4, 0.5) is 0 Å². The Balaban J connectivity index is 4.21. The highest BCUT2D eigenvalue weighted by atomic mass is 16.3. The molecule has 1 unspecified atom stereocenters. The smallest absolute Gasteiger partial charge is 0.0623 e. The van der Waals surface area contributed by atoms with Crippen molar-refractivity contribution in [2.75, 3.05) is 32.8 Å². The fourth-order valence-corrected chi connectivity index (χ4v) is 1.98. The van der Waals surface area contributed by atoms with Gasteiger partial charge in [-0.05, 0) is 45.8 Å². The van der Waals surface area contributed by atoms with Crippen molar-refractivity contribution in [1.29, 1.82) is 0 Å². The van der Waals surface area contributed by atoms with E-state index in [9.17, 15) is 5.11 Å². The van der Waals surface area contributed by atoms with Crippen molar-refractivity contribution >= 4 is 0 Å². The number of hydrogen-bond acceptors (Lipinski definition) is 3. The molecule has 0 bridgehead atoms. The normalized spacial score (nSPS) is 15.4. The summed E-state index contributed by atoms with van der Waals surface area (Å²) in [6, 6.07) is 0. The van der Waals surface area contributed by atoms with Gasteiger partial charge in [0.05, 0.1) is 12.1 Å². The second-order valence-electron chi connectivity index (χ2n) is 4.92. The predicted molar refractivity (Wildman–Crippen MR) is 70.8 cm³/mol. The average Bonchev–Trinajstić information content (AvgIpc) is 2.27. The van der Waals surface area contributed by atoms with E-state index in [0.717, 1.165) is 32.6 Å². The first-order valence-corrected chi connectivity index (χ1v) is 6.70. The predicted octanol–water partition coefficient (Wildman–Crippen LogP) is 1.86. The lowest BCUT2D eigenvalue weighted by Crippen LogP contribution is -2.54. The third-order valence-electron chi connectivity index (χ3n) is 2.80. The van der Waals surface area contributed by atoms with Gasteiger partial charge in [-0.15, -0.1) is 0 Å². The molecule has 0 aliphatic carbocycles. The maximum absolute atomic E-state index is 9.51. The number of aliphatic hydroxyl groups is 1. The topological polar surface area (TPSA) is 35.5 Å². The van der Waals surface area contributed by atoms with Gasteiger partial charge < -0.3 is 15.3 Å². The third-order valence-corrected chi connectivity index (χ3v) is 2.80. The van der Waals surface area contributed by atoms with E-state index < -0.39 is 0 Å². The number of nitrogens with one attached hydrogen (secondary N) is 1. The Morgan fingerprint density at radius 2 is 1.62 bits per heavy atom. The fourth-order valence-electron chi connectivity index (χ4n) is 1.98. The highest BCUT2D eigenvalue weighted by Gasteiger charge is 2.24. The van der Waals surface area contributed by atoms with Crippen molar-refractivity contribution in [3.05, 3.63) is 0 Å². The highest BCUT2D eigenvalue weighted by molar-refractivity contribution is 4.85. The van der Waals surface area contributed by atoms with Gasteiger partial charge in [0.1, 0.15) is 0 Å². The van der Waals surface area contributed by atoms with Gasteiger partial charge in [0.25, 0.3) is 0 Å². The minimum Gasteiger partial charge on any atom is -0.394 e. The lowest BCUT2D eigenvalue weighted by atomic mass is 10.0. The van der Waals surface area contributed by atoms with E-state index in [4.69, 9.17) is 0 Å². The van der Waals surface area contributed by atoms with Gasteiger partial charge in [0.15, 0.2) is 0 Å². The summed E-state index contributed by atoms with van der Waals surface area (Å²) in [4.78, 5) is 2.44. The molecule has 0 aromatic carbocycles. The Labute approximate surface area is 101 Å². The first-order chi connectivity index (χ1) is 7.61. The Hall–Kier alpha value is -0.120. The van der Waals surface area contributed by atoms with E-state index in [1.54, 1.807) is 0 Å². The van der Waals surface area contributed by atoms with Crippen LogP contribution in [-0.4, -0.2) is 48.3 Å². The van der Waals surface area contributed by atoms with Crippen LogP contribution in [0.25, 0.3) is 0 Å². The summed E-state index contributed by atoms with van der Waals surface area (Å²) in [5, 5.41) is 13.0. The van der Waals surface area contributed by atoms with E-state index >= 15 is 0 Å². The minimum atomic E-state index is -0.152. The molecular formula is C13H30N2O. The molecule has 0 saturated carbocycles. The van der Waals surface area contributed by atoms with E-state index in [0.29, 0.717) is 0 Å². The standard InChI is InChI=1S/C13H30N2O/c1-5-8-14-13(4,12-16)11-15(9-6-2)10-7-3/h14,16H,5-12H2,1-4H3. The molecule has 1 atom stereocenters. The molecule has 16 heavy (non-hydrogen) atoms. The fraction of sp³-hybridized carbons (Fsp3) is 1.00. The molecule has 0 spiro atoms. The van der Waals surface area contributed by atoms with Gasteiger partial charge >= 0.3 is 0 Å². The van der Waals surface area contributed by atoms with Crippen LogP contribution in [0.15, 0.2) is 0 Å². The first-order valence-electron chi connectivity index (χ1n) is 6.70. The van der Waals surface area contributed by atoms with E-state index in [1.807, 2.05) is 0 Å². The second kappa shape index (κ2) is 8.97. The quantitative estimate of drug-likeness (QED) is 0.601. The second-order valence-corrected chi connectivity index (χ2v) is 4.92. The maximum Gasteiger partial charge on any atom is 0.0623 e. The lowest BCUT2D eigenvalue weighted by molar-refractivity contribution is 0.119. The lowest BCUT2D eigenvalue weighted by Gasteiger charge is -2.35. The molecule has 0 fully saturated rings. The molecule has 3 heteroatoms. The zero-order valence-electron chi connectivity index (χ0n) is 11.6. The highest BCUT2D eigenvalue weighted by Crippen LogP contribution is 2.07. The molecule has 0 aromatic rings. The summed E-state index contributed by atoms with van der Waals surface area (Å²) >= 11 is 0. The van der Waals surface area contributed by atoms with Gasteiger partial charge in [0.2, 0.25) is 0 Å². The Kier molecular flexibility index (Phi) is 8.90. The van der Waals surface area contributed by atoms with Gasteiger partial charge in [-0.1, -0.05) is 20.8 Å². The monoisotopic (exact) mass is 230 g/mol. The van der Waals surface area contributed by atoms with Crippen molar-refractivity contribution in [3.63, 3.8) is 0 Å². The molecule has 0 saturated heterocycles. The average molecular weight is 230 g/mol. The molecule has 0 radical (unpaired) electrons. The van der Waals surface area contributed by atoms with Crippen LogP contribution in [0.3, 0.4) is 0 Å². The van der Waals surface area contributed by atoms with Gasteiger partial charge in [-0.3, -0.25) is 0 Å². The number of rotatable bonds is 10. The molecule has 2 N–H and O–H groups in total. The summed E-state index contributed by atoms with van der Waals surface area (Å²) in [5.74, 6) is 0. The molecule has 0 amide bonds. The summed E-state index contributed by atoms with van der Waals surface area (Å²) in [7, 11) is 0. The van der Waals surface area contributed by atoms with Crippen LogP contribution in [0, 0.1) is 0 Å². The summed E-state index contributed by atoms with van der Waals surface area (Å²) < 4.78 is 0. The van der Waals surface area contributed by atoms with E-state index in [1.165, 1.54) is 12.8 Å². The van der Waals surface area contributed by atoms with Crippen molar-refractivity contribution in [3.8, 4) is 0 Å². The number of hydrogen-bond donors (Lipinski definition) is 2. The Bertz CT molecular complexity index is 158. The van der Waals surface area contributed by atoms with Crippen molar-refractivity contribution < 1.29 is 5.11 Å². The van der Waals surface area contributed by atoms with Crippen LogP contribution in [-0.2, 0) is 0 Å². The molecule has 0 aliphatic heterocycles. The summed E-state index contributed by atoms with van der Waals surface area (Å²) in [6.45, 7) is 13.0. The Morgan fingerprint density at radius 1 is 1.06 bits per heavy atom. The van der Waals surface area contributed by atoms with E-state index in [2.05, 4.69) is 37.9 Å².